The van der Waals surface area contributed by atoms with Gasteiger partial charge in [0, 0.05) is 23.4 Å². The van der Waals surface area contributed by atoms with Gasteiger partial charge in [-0.3, -0.25) is 5.32 Å². The molecular formula is C15H21NO5S. The van der Waals surface area contributed by atoms with E-state index in [4.69, 9.17) is 9.47 Å². The number of carbonyl (C=O) groups excluding carboxylic acids is 2. The average molecular weight is 327 g/mol. The molecule has 0 spiro atoms. The molecule has 2 heterocycles. The predicted octanol–water partition coefficient (Wildman–Crippen LogP) is 1.26. The molecule has 1 fully saturated rings. The summed E-state index contributed by atoms with van der Waals surface area (Å²) in [7, 11) is 0. The molecule has 0 radical (unpaired) electrons. The van der Waals surface area contributed by atoms with E-state index in [9.17, 15) is 14.7 Å². The van der Waals surface area contributed by atoms with Crippen LogP contribution in [0.5, 0.6) is 0 Å². The molecular weight excluding hydrogens is 306 g/mol. The van der Waals surface area contributed by atoms with Crippen LogP contribution in [0.25, 0.3) is 0 Å². The Balaban J connectivity index is 2.34. The number of carbonyl (C=O) groups is 2. The lowest BCUT2D eigenvalue weighted by atomic mass is 9.91. The van der Waals surface area contributed by atoms with Gasteiger partial charge in [-0.1, -0.05) is 6.07 Å². The van der Waals surface area contributed by atoms with Crippen molar-refractivity contribution in [3.63, 3.8) is 0 Å². The topological polar surface area (TPSA) is 84.9 Å². The Morgan fingerprint density at radius 2 is 2.00 bits per heavy atom. The molecule has 7 heteroatoms. The van der Waals surface area contributed by atoms with Gasteiger partial charge in [0.1, 0.15) is 0 Å². The first kappa shape index (κ1) is 16.9. The highest BCUT2D eigenvalue weighted by Crippen LogP contribution is 2.40. The molecule has 0 aliphatic carbocycles. The van der Waals surface area contributed by atoms with Crippen LogP contribution in [0.15, 0.2) is 17.5 Å². The van der Waals surface area contributed by atoms with E-state index in [1.807, 2.05) is 17.5 Å². The highest BCUT2D eigenvalue weighted by atomic mass is 32.1. The standard InChI is InChI=1S/C15H21NO5S/c1-3-20-13(18)15(14(19)21-4-2)8-10(9-17)12(16-15)11-6-5-7-22-11/h5-7,10,12,16-17H,3-4,8-9H2,1-2H3/t10-,12-/m1/s1. The van der Waals surface area contributed by atoms with Crippen molar-refractivity contribution in [3.8, 4) is 0 Å². The summed E-state index contributed by atoms with van der Waals surface area (Å²) >= 11 is 1.51. The van der Waals surface area contributed by atoms with Gasteiger partial charge >= 0.3 is 11.9 Å². The average Bonchev–Trinajstić information content (AvgIpc) is 3.15. The second-order valence-electron chi connectivity index (χ2n) is 5.13. The van der Waals surface area contributed by atoms with Crippen molar-refractivity contribution >= 4 is 23.3 Å². The number of hydrogen-bond donors (Lipinski definition) is 2. The maximum absolute atomic E-state index is 12.4. The largest absolute Gasteiger partial charge is 0.464 e. The number of rotatable bonds is 6. The third-order valence-corrected chi connectivity index (χ3v) is 4.73. The lowest BCUT2D eigenvalue weighted by molar-refractivity contribution is -0.165. The summed E-state index contributed by atoms with van der Waals surface area (Å²) in [5.74, 6) is -1.55. The Hall–Kier alpha value is -1.44. The zero-order chi connectivity index (χ0) is 16.2. The summed E-state index contributed by atoms with van der Waals surface area (Å²) in [5.41, 5.74) is -1.55. The van der Waals surface area contributed by atoms with Gasteiger partial charge in [-0.15, -0.1) is 11.3 Å². The van der Waals surface area contributed by atoms with Crippen LogP contribution in [0.2, 0.25) is 0 Å². The van der Waals surface area contributed by atoms with Gasteiger partial charge in [0.2, 0.25) is 5.54 Å². The predicted molar refractivity (Wildman–Crippen MR) is 81.4 cm³/mol. The van der Waals surface area contributed by atoms with E-state index in [1.54, 1.807) is 13.8 Å². The molecule has 1 aliphatic rings. The van der Waals surface area contributed by atoms with Crippen LogP contribution >= 0.6 is 11.3 Å². The first-order chi connectivity index (χ1) is 10.6. The summed E-state index contributed by atoms with van der Waals surface area (Å²) in [6.07, 6.45) is 0.156. The zero-order valence-corrected chi connectivity index (χ0v) is 13.5. The summed E-state index contributed by atoms with van der Waals surface area (Å²) < 4.78 is 10.1. The van der Waals surface area contributed by atoms with Crippen LogP contribution in [0.3, 0.4) is 0 Å². The van der Waals surface area contributed by atoms with E-state index >= 15 is 0 Å². The fourth-order valence-electron chi connectivity index (χ4n) is 2.77. The lowest BCUT2D eigenvalue weighted by Gasteiger charge is -2.25. The van der Waals surface area contributed by atoms with E-state index in [2.05, 4.69) is 5.32 Å². The Morgan fingerprint density at radius 3 is 2.45 bits per heavy atom. The van der Waals surface area contributed by atoms with E-state index in [0.717, 1.165) is 4.88 Å². The molecule has 1 saturated heterocycles. The third kappa shape index (κ3) is 3.02. The maximum Gasteiger partial charge on any atom is 0.338 e. The number of ether oxygens (including phenoxy) is 2. The van der Waals surface area contributed by atoms with Gasteiger partial charge in [-0.05, 0) is 31.7 Å². The van der Waals surface area contributed by atoms with Gasteiger partial charge in [-0.2, -0.15) is 0 Å². The van der Waals surface area contributed by atoms with Gasteiger partial charge in [-0.25, -0.2) is 9.59 Å². The minimum atomic E-state index is -1.55. The van der Waals surface area contributed by atoms with Crippen LogP contribution in [0.4, 0.5) is 0 Å². The van der Waals surface area contributed by atoms with E-state index in [0.29, 0.717) is 0 Å². The Kier molecular flexibility index (Phi) is 5.55. The Bertz CT molecular complexity index is 498. The molecule has 1 aromatic rings. The number of thiophene rings is 1. The van der Waals surface area contributed by atoms with Gasteiger partial charge in [0.05, 0.1) is 13.2 Å². The van der Waals surface area contributed by atoms with Crippen molar-refractivity contribution < 1.29 is 24.2 Å². The van der Waals surface area contributed by atoms with Crippen molar-refractivity contribution in [2.24, 2.45) is 5.92 Å². The van der Waals surface area contributed by atoms with Crippen LogP contribution in [-0.4, -0.2) is 42.4 Å². The van der Waals surface area contributed by atoms with Crippen LogP contribution in [-0.2, 0) is 19.1 Å². The minimum Gasteiger partial charge on any atom is -0.464 e. The monoisotopic (exact) mass is 327 g/mol. The fraction of sp³-hybridized carbons (Fsp3) is 0.600. The molecule has 22 heavy (non-hydrogen) atoms. The van der Waals surface area contributed by atoms with Crippen molar-refractivity contribution in [2.45, 2.75) is 31.8 Å². The maximum atomic E-state index is 12.4. The SMILES string of the molecule is CCOC(=O)C1(C(=O)OCC)C[C@H](CO)[C@H](c2cccs2)N1. The smallest absolute Gasteiger partial charge is 0.338 e. The highest BCUT2D eigenvalue weighted by Gasteiger charge is 2.57. The summed E-state index contributed by atoms with van der Waals surface area (Å²) in [5, 5.41) is 14.6. The molecule has 1 aromatic heterocycles. The first-order valence-electron chi connectivity index (χ1n) is 7.35. The second kappa shape index (κ2) is 7.21. The molecule has 0 bridgehead atoms. The van der Waals surface area contributed by atoms with Crippen molar-refractivity contribution in [3.05, 3.63) is 22.4 Å². The number of hydrogen-bond acceptors (Lipinski definition) is 7. The molecule has 6 nitrogen and oxygen atoms in total. The third-order valence-electron chi connectivity index (χ3n) is 3.77. The van der Waals surface area contributed by atoms with E-state index in [1.165, 1.54) is 11.3 Å². The highest BCUT2D eigenvalue weighted by molar-refractivity contribution is 7.10. The fourth-order valence-corrected chi connectivity index (χ4v) is 3.64. The quantitative estimate of drug-likeness (QED) is 0.604. The number of esters is 2. The summed E-state index contributed by atoms with van der Waals surface area (Å²) in [6.45, 7) is 3.60. The van der Waals surface area contributed by atoms with Crippen LogP contribution in [0.1, 0.15) is 31.2 Å². The number of nitrogens with one attached hydrogen (secondary N) is 1. The summed E-state index contributed by atoms with van der Waals surface area (Å²) in [4.78, 5) is 25.8. The molecule has 0 unspecified atom stereocenters. The molecule has 0 amide bonds. The van der Waals surface area contributed by atoms with Gasteiger partial charge < -0.3 is 14.6 Å². The Labute approximate surface area is 133 Å². The van der Waals surface area contributed by atoms with Crippen molar-refractivity contribution in [1.29, 1.82) is 0 Å². The minimum absolute atomic E-state index is 0.129. The molecule has 2 N–H and O–H groups in total. The van der Waals surface area contributed by atoms with Crippen molar-refractivity contribution in [1.82, 2.24) is 5.32 Å². The molecule has 2 atom stereocenters. The van der Waals surface area contributed by atoms with Crippen molar-refractivity contribution in [2.75, 3.05) is 19.8 Å². The number of aliphatic hydroxyl groups is 1. The van der Waals surface area contributed by atoms with Gasteiger partial charge in [0.15, 0.2) is 0 Å². The Morgan fingerprint density at radius 1 is 1.36 bits per heavy atom. The molecule has 0 aromatic carbocycles. The lowest BCUT2D eigenvalue weighted by Crippen LogP contribution is -2.56. The second-order valence-corrected chi connectivity index (χ2v) is 6.11. The first-order valence-corrected chi connectivity index (χ1v) is 8.23. The molecule has 1 aliphatic heterocycles. The van der Waals surface area contributed by atoms with E-state index < -0.39 is 17.5 Å². The summed E-state index contributed by atoms with van der Waals surface area (Å²) in [6, 6.07) is 3.53. The van der Waals surface area contributed by atoms with Crippen LogP contribution in [0, 0.1) is 5.92 Å². The number of aliphatic hydroxyl groups excluding tert-OH is 1. The van der Waals surface area contributed by atoms with E-state index in [-0.39, 0.29) is 38.2 Å². The van der Waals surface area contributed by atoms with Crippen LogP contribution < -0.4 is 5.32 Å². The molecule has 0 saturated carbocycles. The molecule has 122 valence electrons. The molecule has 2 rings (SSSR count). The zero-order valence-electron chi connectivity index (χ0n) is 12.7. The normalized spacial score (nSPS) is 23.2. The van der Waals surface area contributed by atoms with Gasteiger partial charge in [0.25, 0.3) is 0 Å².